The van der Waals surface area contributed by atoms with E-state index in [0.717, 1.165) is 5.75 Å². The van der Waals surface area contributed by atoms with Crippen molar-refractivity contribution in [2.75, 3.05) is 0 Å². The Kier molecular flexibility index (Phi) is 3.29. The summed E-state index contributed by atoms with van der Waals surface area (Å²) in [6.45, 7) is 6.68. The van der Waals surface area contributed by atoms with E-state index in [4.69, 9.17) is 0 Å². The molecule has 1 nitrogen and oxygen atoms in total. The molecule has 0 unspecified atom stereocenters. The van der Waals surface area contributed by atoms with Crippen LogP contribution in [0.2, 0.25) is 0 Å². The molecule has 0 bridgehead atoms. The highest BCUT2D eigenvalue weighted by Gasteiger charge is 2.07. The van der Waals surface area contributed by atoms with Crippen LogP contribution >= 0.6 is 11.8 Å². The third kappa shape index (κ3) is 2.12. The quantitative estimate of drug-likeness (QED) is 0.771. The summed E-state index contributed by atoms with van der Waals surface area (Å²) in [7, 11) is 2.16. The van der Waals surface area contributed by atoms with Gasteiger partial charge in [0.2, 0.25) is 0 Å². The van der Waals surface area contributed by atoms with E-state index in [9.17, 15) is 0 Å². The van der Waals surface area contributed by atoms with Crippen molar-refractivity contribution in [3.8, 4) is 0 Å². The van der Waals surface area contributed by atoms with Gasteiger partial charge in [0.1, 0.15) is 0 Å². The van der Waals surface area contributed by atoms with Gasteiger partial charge in [-0.15, -0.1) is 0 Å². The minimum absolute atomic E-state index is 0.694. The molecule has 1 heterocycles. The van der Waals surface area contributed by atoms with Crippen LogP contribution < -0.4 is 0 Å². The zero-order valence-corrected chi connectivity index (χ0v) is 11.3. The van der Waals surface area contributed by atoms with Crippen LogP contribution in [0, 0.1) is 6.92 Å². The number of aromatic nitrogens is 1. The molecule has 2 heteroatoms. The van der Waals surface area contributed by atoms with Gasteiger partial charge in [-0.3, -0.25) is 0 Å². The second-order valence-corrected chi connectivity index (χ2v) is 6.13. The standard InChI is InChI=1S/C14H19NS/c1-10(2)16-9-12-8-13-11(3)6-5-7-14(13)15(12)4/h5-8,10H,9H2,1-4H3. The van der Waals surface area contributed by atoms with Crippen molar-refractivity contribution in [2.45, 2.75) is 31.8 Å². The maximum absolute atomic E-state index is 2.33. The second kappa shape index (κ2) is 4.54. The number of rotatable bonds is 3. The van der Waals surface area contributed by atoms with Crippen molar-refractivity contribution >= 4 is 22.7 Å². The molecule has 0 saturated heterocycles. The zero-order chi connectivity index (χ0) is 11.7. The lowest BCUT2D eigenvalue weighted by atomic mass is 10.1. The number of aryl methyl sites for hydroxylation is 2. The van der Waals surface area contributed by atoms with E-state index in [-0.39, 0.29) is 0 Å². The molecule has 1 aromatic carbocycles. The zero-order valence-electron chi connectivity index (χ0n) is 10.4. The first-order chi connectivity index (χ1) is 7.59. The predicted octanol–water partition coefficient (Wildman–Crippen LogP) is 4.13. The lowest BCUT2D eigenvalue weighted by Gasteiger charge is -2.06. The van der Waals surface area contributed by atoms with Crippen LogP contribution in [-0.2, 0) is 12.8 Å². The van der Waals surface area contributed by atoms with Crippen molar-refractivity contribution in [3.63, 3.8) is 0 Å². The predicted molar refractivity (Wildman–Crippen MR) is 74.1 cm³/mol. The lowest BCUT2D eigenvalue weighted by Crippen LogP contribution is -1.96. The maximum atomic E-state index is 2.33. The molecule has 0 N–H and O–H groups in total. The molecule has 2 rings (SSSR count). The van der Waals surface area contributed by atoms with Crippen LogP contribution in [0.4, 0.5) is 0 Å². The van der Waals surface area contributed by atoms with E-state index < -0.39 is 0 Å². The van der Waals surface area contributed by atoms with Crippen molar-refractivity contribution in [2.24, 2.45) is 7.05 Å². The maximum Gasteiger partial charge on any atom is 0.0482 e. The van der Waals surface area contributed by atoms with Crippen LogP contribution in [0.1, 0.15) is 25.1 Å². The van der Waals surface area contributed by atoms with Gasteiger partial charge in [0, 0.05) is 29.4 Å². The summed E-state index contributed by atoms with van der Waals surface area (Å²) in [6.07, 6.45) is 0. The van der Waals surface area contributed by atoms with Gasteiger partial charge < -0.3 is 4.57 Å². The van der Waals surface area contributed by atoms with Gasteiger partial charge in [0.05, 0.1) is 0 Å². The fourth-order valence-corrected chi connectivity index (χ4v) is 2.74. The number of fused-ring (bicyclic) bond motifs is 1. The Morgan fingerprint density at radius 3 is 2.69 bits per heavy atom. The number of benzene rings is 1. The molecule has 0 fully saturated rings. The molecule has 1 aromatic heterocycles. The van der Waals surface area contributed by atoms with E-state index in [2.05, 4.69) is 56.7 Å². The van der Waals surface area contributed by atoms with Crippen LogP contribution in [-0.4, -0.2) is 9.82 Å². The monoisotopic (exact) mass is 233 g/mol. The van der Waals surface area contributed by atoms with Gasteiger partial charge >= 0.3 is 0 Å². The summed E-state index contributed by atoms with van der Waals surface area (Å²) in [5, 5.41) is 2.09. The summed E-state index contributed by atoms with van der Waals surface area (Å²) in [6, 6.07) is 8.85. The number of nitrogens with zero attached hydrogens (tertiary/aromatic N) is 1. The first-order valence-electron chi connectivity index (χ1n) is 5.75. The largest absolute Gasteiger partial charge is 0.347 e. The number of hydrogen-bond donors (Lipinski definition) is 0. The van der Waals surface area contributed by atoms with E-state index in [1.54, 1.807) is 0 Å². The van der Waals surface area contributed by atoms with Crippen molar-refractivity contribution in [3.05, 3.63) is 35.5 Å². The molecule has 0 atom stereocenters. The molecule has 0 amide bonds. The normalized spacial score (nSPS) is 11.6. The Labute approximate surface area is 102 Å². The summed E-state index contributed by atoms with van der Waals surface area (Å²) in [5.41, 5.74) is 4.14. The van der Waals surface area contributed by atoms with E-state index in [1.807, 2.05) is 11.8 Å². The molecular formula is C14H19NS. The minimum Gasteiger partial charge on any atom is -0.347 e. The van der Waals surface area contributed by atoms with Crippen LogP contribution in [0.15, 0.2) is 24.3 Å². The molecule has 16 heavy (non-hydrogen) atoms. The van der Waals surface area contributed by atoms with Gasteiger partial charge in [-0.2, -0.15) is 11.8 Å². The molecule has 0 saturated carbocycles. The highest BCUT2D eigenvalue weighted by atomic mass is 32.2. The Morgan fingerprint density at radius 1 is 1.31 bits per heavy atom. The average Bonchev–Trinajstić information content (AvgIpc) is 2.55. The van der Waals surface area contributed by atoms with Gasteiger partial charge in [-0.05, 0) is 29.9 Å². The van der Waals surface area contributed by atoms with Crippen LogP contribution in [0.25, 0.3) is 10.9 Å². The number of thioether (sulfide) groups is 1. The Bertz CT molecular complexity index is 497. The average molecular weight is 233 g/mol. The van der Waals surface area contributed by atoms with Gasteiger partial charge in [0.15, 0.2) is 0 Å². The van der Waals surface area contributed by atoms with E-state index in [0.29, 0.717) is 5.25 Å². The molecule has 0 radical (unpaired) electrons. The van der Waals surface area contributed by atoms with Gasteiger partial charge in [-0.25, -0.2) is 0 Å². The smallest absolute Gasteiger partial charge is 0.0482 e. The summed E-state index contributed by atoms with van der Waals surface area (Å²) >= 11 is 2.00. The molecule has 0 spiro atoms. The topological polar surface area (TPSA) is 4.93 Å². The first-order valence-corrected chi connectivity index (χ1v) is 6.80. The summed E-state index contributed by atoms with van der Waals surface area (Å²) in [4.78, 5) is 0. The highest BCUT2D eigenvalue weighted by molar-refractivity contribution is 7.99. The Hall–Kier alpha value is -0.890. The Morgan fingerprint density at radius 2 is 2.06 bits per heavy atom. The van der Waals surface area contributed by atoms with Crippen molar-refractivity contribution < 1.29 is 0 Å². The van der Waals surface area contributed by atoms with Crippen LogP contribution in [0.3, 0.4) is 0 Å². The third-order valence-corrected chi connectivity index (χ3v) is 4.10. The molecule has 2 aromatic rings. The van der Waals surface area contributed by atoms with Crippen LogP contribution in [0.5, 0.6) is 0 Å². The first kappa shape index (κ1) is 11.6. The van der Waals surface area contributed by atoms with Gasteiger partial charge in [0.25, 0.3) is 0 Å². The fourth-order valence-electron chi connectivity index (χ4n) is 1.95. The lowest BCUT2D eigenvalue weighted by molar-refractivity contribution is 0.907. The van der Waals surface area contributed by atoms with Crippen molar-refractivity contribution in [1.82, 2.24) is 4.57 Å². The Balaban J connectivity index is 2.40. The highest BCUT2D eigenvalue weighted by Crippen LogP contribution is 2.25. The SMILES string of the molecule is Cc1cccc2c1cc(CSC(C)C)n2C. The molecule has 0 aliphatic rings. The second-order valence-electron chi connectivity index (χ2n) is 4.56. The summed E-state index contributed by atoms with van der Waals surface area (Å²) < 4.78 is 2.32. The molecular weight excluding hydrogens is 214 g/mol. The van der Waals surface area contributed by atoms with E-state index in [1.165, 1.54) is 22.2 Å². The molecule has 86 valence electrons. The minimum atomic E-state index is 0.694. The van der Waals surface area contributed by atoms with Gasteiger partial charge in [-0.1, -0.05) is 26.0 Å². The molecule has 0 aliphatic carbocycles. The van der Waals surface area contributed by atoms with Crippen molar-refractivity contribution in [1.29, 1.82) is 0 Å². The fraction of sp³-hybridized carbons (Fsp3) is 0.429. The summed E-state index contributed by atoms with van der Waals surface area (Å²) in [5.74, 6) is 1.10. The molecule has 0 aliphatic heterocycles. The third-order valence-electron chi connectivity index (χ3n) is 2.97. The number of hydrogen-bond acceptors (Lipinski definition) is 1. The van der Waals surface area contributed by atoms with E-state index >= 15 is 0 Å².